The number of benzene rings is 2. The Bertz CT molecular complexity index is 575. The van der Waals surface area contributed by atoms with Crippen molar-refractivity contribution in [3.63, 3.8) is 0 Å². The van der Waals surface area contributed by atoms with Crippen molar-refractivity contribution in [1.29, 1.82) is 0 Å². The van der Waals surface area contributed by atoms with Gasteiger partial charge in [0, 0.05) is 20.3 Å². The molecule has 0 saturated heterocycles. The minimum atomic E-state index is -0.241. The molecule has 2 aromatic carbocycles. The summed E-state index contributed by atoms with van der Waals surface area (Å²) in [4.78, 5) is 0. The molecule has 0 amide bonds. The Hall–Kier alpha value is -0.140. The normalized spacial score (nSPS) is 10.4. The van der Waals surface area contributed by atoms with E-state index in [4.69, 9.17) is 0 Å². The van der Waals surface area contributed by atoms with Crippen LogP contribution in [0.1, 0.15) is 5.56 Å². The third-order valence-electron chi connectivity index (χ3n) is 2.40. The van der Waals surface area contributed by atoms with Gasteiger partial charge in [0.2, 0.25) is 0 Å². The van der Waals surface area contributed by atoms with E-state index in [1.165, 1.54) is 9.64 Å². The molecule has 1 N–H and O–H groups in total. The van der Waals surface area contributed by atoms with Crippen molar-refractivity contribution >= 4 is 60.1 Å². The molecular formula is C13H9Br2FIN. The Morgan fingerprint density at radius 2 is 1.83 bits per heavy atom. The highest BCUT2D eigenvalue weighted by molar-refractivity contribution is 14.1. The summed E-state index contributed by atoms with van der Waals surface area (Å²) in [6.45, 7) is 0.651. The number of hydrogen-bond donors (Lipinski definition) is 1. The van der Waals surface area contributed by atoms with Crippen molar-refractivity contribution < 1.29 is 4.39 Å². The molecule has 0 heterocycles. The van der Waals surface area contributed by atoms with Crippen LogP contribution in [0, 0.1) is 9.39 Å². The highest BCUT2D eigenvalue weighted by Crippen LogP contribution is 2.25. The molecule has 0 spiro atoms. The van der Waals surface area contributed by atoms with Gasteiger partial charge in [-0.15, -0.1) is 0 Å². The zero-order valence-corrected chi connectivity index (χ0v) is 14.5. The summed E-state index contributed by atoms with van der Waals surface area (Å²) in [6, 6.07) is 11.1. The van der Waals surface area contributed by atoms with E-state index < -0.39 is 0 Å². The molecule has 0 atom stereocenters. The van der Waals surface area contributed by atoms with Crippen LogP contribution >= 0.6 is 54.5 Å². The van der Waals surface area contributed by atoms with Gasteiger partial charge in [0.15, 0.2) is 0 Å². The highest BCUT2D eigenvalue weighted by Gasteiger charge is 2.03. The van der Waals surface area contributed by atoms with Crippen LogP contribution in [0.2, 0.25) is 0 Å². The predicted octanol–water partition coefficient (Wildman–Crippen LogP) is 5.57. The molecule has 2 aromatic rings. The van der Waals surface area contributed by atoms with Crippen LogP contribution in [0.15, 0.2) is 45.3 Å². The average molecular weight is 485 g/mol. The second kappa shape index (κ2) is 6.34. The van der Waals surface area contributed by atoms with Crippen LogP contribution in [0.25, 0.3) is 0 Å². The van der Waals surface area contributed by atoms with Crippen LogP contribution in [0.4, 0.5) is 10.1 Å². The number of anilines is 1. The second-order valence-corrected chi connectivity index (χ2v) is 6.68. The lowest BCUT2D eigenvalue weighted by Crippen LogP contribution is -2.00. The summed E-state index contributed by atoms with van der Waals surface area (Å²) >= 11 is 8.96. The number of rotatable bonds is 3. The van der Waals surface area contributed by atoms with Crippen LogP contribution in [-0.4, -0.2) is 0 Å². The molecule has 0 aromatic heterocycles. The Morgan fingerprint density at radius 1 is 1.06 bits per heavy atom. The first-order valence-electron chi connectivity index (χ1n) is 5.19. The summed E-state index contributed by atoms with van der Waals surface area (Å²) in [7, 11) is 0. The zero-order valence-electron chi connectivity index (χ0n) is 9.18. The molecule has 0 unspecified atom stereocenters. The molecule has 0 fully saturated rings. The third-order valence-corrected chi connectivity index (χ3v) is 4.33. The SMILES string of the molecule is Fc1ccc(CNc2ccc(I)cc2Br)cc1Br. The minimum Gasteiger partial charge on any atom is -0.380 e. The third kappa shape index (κ3) is 3.68. The first-order valence-corrected chi connectivity index (χ1v) is 7.85. The summed E-state index contributed by atoms with van der Waals surface area (Å²) < 4.78 is 15.8. The lowest BCUT2D eigenvalue weighted by atomic mass is 10.2. The second-order valence-electron chi connectivity index (χ2n) is 3.73. The van der Waals surface area contributed by atoms with Gasteiger partial charge in [0.1, 0.15) is 5.82 Å². The standard InChI is InChI=1S/C13H9Br2FIN/c14-10-5-8(1-3-12(10)16)7-18-13-4-2-9(17)6-11(13)15/h1-6,18H,7H2. The summed E-state index contributed by atoms with van der Waals surface area (Å²) in [5.41, 5.74) is 2.05. The van der Waals surface area contributed by atoms with Gasteiger partial charge in [-0.25, -0.2) is 4.39 Å². The topological polar surface area (TPSA) is 12.0 Å². The summed E-state index contributed by atoms with van der Waals surface area (Å²) in [6.07, 6.45) is 0. The molecule has 2 rings (SSSR count). The van der Waals surface area contributed by atoms with Crippen molar-refractivity contribution in [3.8, 4) is 0 Å². The van der Waals surface area contributed by atoms with Crippen molar-refractivity contribution in [1.82, 2.24) is 0 Å². The maximum atomic E-state index is 13.1. The first kappa shape index (κ1) is 14.3. The van der Waals surface area contributed by atoms with Crippen molar-refractivity contribution in [2.75, 3.05) is 5.32 Å². The molecule has 0 aliphatic carbocycles. The molecule has 0 aliphatic rings. The summed E-state index contributed by atoms with van der Waals surface area (Å²) in [5, 5.41) is 3.31. The molecule has 0 aliphatic heterocycles. The van der Waals surface area contributed by atoms with E-state index in [2.05, 4.69) is 59.8 Å². The molecular weight excluding hydrogens is 476 g/mol. The predicted molar refractivity (Wildman–Crippen MR) is 88.3 cm³/mol. The van der Waals surface area contributed by atoms with Gasteiger partial charge in [0.25, 0.3) is 0 Å². The van der Waals surface area contributed by atoms with E-state index in [1.807, 2.05) is 18.2 Å². The molecule has 0 bridgehead atoms. The van der Waals surface area contributed by atoms with Crippen LogP contribution < -0.4 is 5.32 Å². The van der Waals surface area contributed by atoms with Crippen LogP contribution in [0.5, 0.6) is 0 Å². The van der Waals surface area contributed by atoms with E-state index >= 15 is 0 Å². The van der Waals surface area contributed by atoms with E-state index in [0.717, 1.165) is 15.7 Å². The van der Waals surface area contributed by atoms with Crippen LogP contribution in [-0.2, 0) is 6.54 Å². The highest BCUT2D eigenvalue weighted by atomic mass is 127. The number of nitrogens with one attached hydrogen (secondary N) is 1. The summed E-state index contributed by atoms with van der Waals surface area (Å²) in [5.74, 6) is -0.241. The fourth-order valence-corrected chi connectivity index (χ4v) is 3.34. The Balaban J connectivity index is 2.09. The van der Waals surface area contributed by atoms with Gasteiger partial charge in [-0.3, -0.25) is 0 Å². The monoisotopic (exact) mass is 483 g/mol. The van der Waals surface area contributed by atoms with Gasteiger partial charge in [0.05, 0.1) is 4.47 Å². The van der Waals surface area contributed by atoms with Gasteiger partial charge in [-0.2, -0.15) is 0 Å². The van der Waals surface area contributed by atoms with E-state index in [-0.39, 0.29) is 5.82 Å². The van der Waals surface area contributed by atoms with E-state index in [1.54, 1.807) is 12.1 Å². The zero-order chi connectivity index (χ0) is 13.1. The van der Waals surface area contributed by atoms with E-state index in [0.29, 0.717) is 11.0 Å². The van der Waals surface area contributed by atoms with Gasteiger partial charge in [-0.1, -0.05) is 6.07 Å². The van der Waals surface area contributed by atoms with Gasteiger partial charge in [-0.05, 0) is 90.3 Å². The first-order chi connectivity index (χ1) is 8.56. The van der Waals surface area contributed by atoms with Gasteiger partial charge < -0.3 is 5.32 Å². The molecule has 94 valence electrons. The Kier molecular flexibility index (Phi) is 5.03. The van der Waals surface area contributed by atoms with Crippen molar-refractivity contribution in [2.45, 2.75) is 6.54 Å². The molecule has 0 radical (unpaired) electrons. The lowest BCUT2D eigenvalue weighted by Gasteiger charge is -2.09. The molecule has 18 heavy (non-hydrogen) atoms. The molecule has 1 nitrogen and oxygen atoms in total. The fourth-order valence-electron chi connectivity index (χ4n) is 1.48. The minimum absolute atomic E-state index is 0.241. The van der Waals surface area contributed by atoms with Gasteiger partial charge >= 0.3 is 0 Å². The van der Waals surface area contributed by atoms with E-state index in [9.17, 15) is 4.39 Å². The Morgan fingerprint density at radius 3 is 2.50 bits per heavy atom. The largest absolute Gasteiger partial charge is 0.380 e. The maximum Gasteiger partial charge on any atom is 0.137 e. The van der Waals surface area contributed by atoms with Crippen molar-refractivity contribution in [3.05, 3.63) is 60.3 Å². The quantitative estimate of drug-likeness (QED) is 0.562. The molecule has 0 saturated carbocycles. The number of hydrogen-bond acceptors (Lipinski definition) is 1. The fraction of sp³-hybridized carbons (Fsp3) is 0.0769. The Labute approximate surface area is 136 Å². The number of halogens is 4. The smallest absolute Gasteiger partial charge is 0.137 e. The maximum absolute atomic E-state index is 13.1. The molecule has 5 heteroatoms. The van der Waals surface area contributed by atoms with Crippen molar-refractivity contribution in [2.24, 2.45) is 0 Å². The average Bonchev–Trinajstić information content (AvgIpc) is 2.32. The van der Waals surface area contributed by atoms with Crippen LogP contribution in [0.3, 0.4) is 0 Å². The lowest BCUT2D eigenvalue weighted by molar-refractivity contribution is 0.620.